The van der Waals surface area contributed by atoms with Crippen LogP contribution in [0.15, 0.2) is 40.9 Å². The second-order valence-corrected chi connectivity index (χ2v) is 8.54. The van der Waals surface area contributed by atoms with Crippen LogP contribution in [0.4, 0.5) is 0 Å². The normalized spacial score (nSPS) is 11.7. The number of phenols is 1. The highest BCUT2D eigenvalue weighted by Gasteiger charge is 2.30. The van der Waals surface area contributed by atoms with E-state index in [4.69, 9.17) is 17.4 Å². The molecule has 0 aliphatic carbocycles. The minimum absolute atomic E-state index is 0. The molecule has 0 saturated heterocycles. The minimum Gasteiger partial charge on any atom is -0.506 e. The Labute approximate surface area is 202 Å². The summed E-state index contributed by atoms with van der Waals surface area (Å²) in [4.78, 5) is 15.0. The van der Waals surface area contributed by atoms with Crippen LogP contribution in [0.2, 0.25) is 0 Å². The van der Waals surface area contributed by atoms with Gasteiger partial charge in [0, 0.05) is 24.5 Å². The van der Waals surface area contributed by atoms with Crippen molar-refractivity contribution < 1.29 is 20.1 Å². The number of aromatic nitrogens is 1. The molecule has 0 aliphatic rings. The first kappa shape index (κ1) is 27.3. The molecular weight excluding hydrogens is 504 g/mol. The lowest BCUT2D eigenvalue weighted by molar-refractivity contribution is 0.0527. The van der Waals surface area contributed by atoms with E-state index in [-0.39, 0.29) is 35.5 Å². The number of carbonyl (C=O) groups excluding carboxylic acids is 1. The molecule has 1 unspecified atom stereocenters. The number of fused-ring (bicyclic) bond motifs is 1. The zero-order valence-corrected chi connectivity index (χ0v) is 21.1. The molecule has 31 heavy (non-hydrogen) atoms. The van der Waals surface area contributed by atoms with Crippen molar-refractivity contribution in [3.63, 3.8) is 0 Å². The predicted molar refractivity (Wildman–Crippen MR) is 134 cm³/mol. The SMILES string of the molecule is CCOC(=O)c1c(C(S)c2ccccc2)n(C)c2cc(Br)c(O)c(CN(C)C)c12.Cl.O. The fraction of sp³-hybridized carbons (Fsp3) is 0.318. The maximum Gasteiger partial charge on any atom is 0.340 e. The van der Waals surface area contributed by atoms with E-state index in [9.17, 15) is 9.90 Å². The molecule has 3 aromatic rings. The van der Waals surface area contributed by atoms with Crippen LogP contribution >= 0.6 is 41.0 Å². The number of esters is 1. The van der Waals surface area contributed by atoms with Crippen molar-refractivity contribution >= 4 is 57.8 Å². The molecule has 6 nitrogen and oxygen atoms in total. The van der Waals surface area contributed by atoms with Gasteiger partial charge in [-0.3, -0.25) is 0 Å². The number of halogens is 2. The molecule has 3 N–H and O–H groups in total. The summed E-state index contributed by atoms with van der Waals surface area (Å²) in [6.07, 6.45) is 0. The number of rotatable bonds is 6. The molecule has 0 amide bonds. The third-order valence-corrected chi connectivity index (χ3v) is 6.04. The average molecular weight is 532 g/mol. The van der Waals surface area contributed by atoms with Gasteiger partial charge < -0.3 is 24.8 Å². The Bertz CT molecular complexity index is 1060. The van der Waals surface area contributed by atoms with Crippen LogP contribution in [0.5, 0.6) is 5.75 Å². The summed E-state index contributed by atoms with van der Waals surface area (Å²) in [6.45, 7) is 2.52. The molecule has 0 spiro atoms. The fourth-order valence-electron chi connectivity index (χ4n) is 3.64. The molecule has 9 heteroatoms. The molecule has 0 aliphatic heterocycles. The highest BCUT2D eigenvalue weighted by Crippen LogP contribution is 2.43. The summed E-state index contributed by atoms with van der Waals surface area (Å²) in [6, 6.07) is 11.6. The summed E-state index contributed by atoms with van der Waals surface area (Å²) < 4.78 is 7.96. The van der Waals surface area contributed by atoms with Crippen LogP contribution < -0.4 is 0 Å². The van der Waals surface area contributed by atoms with E-state index in [0.29, 0.717) is 27.5 Å². The predicted octanol–water partition coefficient (Wildman–Crippen LogP) is 4.50. The number of hydrogen-bond donors (Lipinski definition) is 2. The van der Waals surface area contributed by atoms with Gasteiger partial charge in [-0.05, 0) is 48.6 Å². The molecule has 2 aromatic carbocycles. The van der Waals surface area contributed by atoms with Gasteiger partial charge in [-0.15, -0.1) is 12.4 Å². The first-order valence-electron chi connectivity index (χ1n) is 9.35. The summed E-state index contributed by atoms with van der Waals surface area (Å²) in [5, 5.41) is 11.1. The summed E-state index contributed by atoms with van der Waals surface area (Å²) in [5.41, 5.74) is 3.68. The second kappa shape index (κ2) is 11.2. The van der Waals surface area contributed by atoms with Crippen molar-refractivity contribution in [1.82, 2.24) is 9.47 Å². The first-order chi connectivity index (χ1) is 13.8. The van der Waals surface area contributed by atoms with E-state index >= 15 is 0 Å². The second-order valence-electron chi connectivity index (χ2n) is 7.17. The van der Waals surface area contributed by atoms with Gasteiger partial charge in [-0.25, -0.2) is 4.79 Å². The number of aromatic hydroxyl groups is 1. The van der Waals surface area contributed by atoms with Crippen LogP contribution in [0.3, 0.4) is 0 Å². The fourth-order valence-corrected chi connectivity index (χ4v) is 4.57. The number of thiol groups is 1. The molecule has 3 rings (SSSR count). The number of benzene rings is 2. The van der Waals surface area contributed by atoms with E-state index < -0.39 is 5.97 Å². The van der Waals surface area contributed by atoms with Crippen molar-refractivity contribution in [1.29, 1.82) is 0 Å². The zero-order valence-electron chi connectivity index (χ0n) is 17.8. The van der Waals surface area contributed by atoms with Crippen molar-refractivity contribution in [2.24, 2.45) is 7.05 Å². The van der Waals surface area contributed by atoms with Crippen LogP contribution in [-0.2, 0) is 18.3 Å². The summed E-state index contributed by atoms with van der Waals surface area (Å²) in [7, 11) is 5.76. The topological polar surface area (TPSA) is 86.2 Å². The molecule has 0 saturated carbocycles. The Hall–Kier alpha value is -1.71. The van der Waals surface area contributed by atoms with Gasteiger partial charge in [-0.2, -0.15) is 12.6 Å². The van der Waals surface area contributed by atoms with Gasteiger partial charge in [0.05, 0.1) is 33.1 Å². The van der Waals surface area contributed by atoms with Crippen molar-refractivity contribution in [2.45, 2.75) is 18.7 Å². The Kier molecular flexibility index (Phi) is 9.91. The minimum atomic E-state index is -0.412. The maximum absolute atomic E-state index is 13.1. The Morgan fingerprint density at radius 3 is 2.45 bits per heavy atom. The van der Waals surface area contributed by atoms with E-state index in [0.717, 1.165) is 16.8 Å². The quantitative estimate of drug-likeness (QED) is 0.362. The number of aryl methyl sites for hydroxylation is 1. The molecule has 1 heterocycles. The molecule has 1 aromatic heterocycles. The molecular formula is C22H28BrClN2O4S. The van der Waals surface area contributed by atoms with E-state index in [1.807, 2.05) is 67.0 Å². The van der Waals surface area contributed by atoms with Crippen LogP contribution in [0.25, 0.3) is 10.9 Å². The van der Waals surface area contributed by atoms with Gasteiger partial charge in [0.2, 0.25) is 0 Å². The molecule has 0 fully saturated rings. The highest BCUT2D eigenvalue weighted by atomic mass is 79.9. The maximum atomic E-state index is 13.1. The molecule has 1 atom stereocenters. The van der Waals surface area contributed by atoms with E-state index in [1.165, 1.54) is 0 Å². The first-order valence-corrected chi connectivity index (χ1v) is 10.7. The van der Waals surface area contributed by atoms with E-state index in [1.54, 1.807) is 6.92 Å². The van der Waals surface area contributed by atoms with Crippen LogP contribution in [0, 0.1) is 0 Å². The summed E-state index contributed by atoms with van der Waals surface area (Å²) in [5.74, 6) is -0.283. The number of ether oxygens (including phenoxy) is 1. The lowest BCUT2D eigenvalue weighted by Crippen LogP contribution is -2.13. The van der Waals surface area contributed by atoms with Gasteiger partial charge >= 0.3 is 5.97 Å². The number of carbonyl (C=O) groups is 1. The van der Waals surface area contributed by atoms with E-state index in [2.05, 4.69) is 15.9 Å². The smallest absolute Gasteiger partial charge is 0.340 e. The van der Waals surface area contributed by atoms with Crippen molar-refractivity contribution in [3.8, 4) is 5.75 Å². The number of phenolic OH excluding ortho intramolecular Hbond substituents is 1. The Morgan fingerprint density at radius 2 is 1.90 bits per heavy atom. The largest absolute Gasteiger partial charge is 0.506 e. The van der Waals surface area contributed by atoms with Gasteiger partial charge in [0.25, 0.3) is 0 Å². The lowest BCUT2D eigenvalue weighted by Gasteiger charge is -2.16. The van der Waals surface area contributed by atoms with Crippen LogP contribution in [0.1, 0.15) is 39.4 Å². The summed E-state index contributed by atoms with van der Waals surface area (Å²) >= 11 is 8.32. The molecule has 170 valence electrons. The highest BCUT2D eigenvalue weighted by molar-refractivity contribution is 9.10. The molecule has 0 bridgehead atoms. The van der Waals surface area contributed by atoms with Crippen LogP contribution in [-0.4, -0.2) is 46.7 Å². The standard InChI is InChI=1S/C22H25BrN2O3S.ClH.H2O/c1-5-28-22(27)18-17-14(12-24(2)3)20(26)15(23)11-16(17)25(4)19(18)21(29)13-9-7-6-8-10-13;;/h6-11,21,26,29H,5,12H2,1-4H3;1H;1H2. The lowest BCUT2D eigenvalue weighted by atomic mass is 10.00. The van der Waals surface area contributed by atoms with Crippen molar-refractivity contribution in [2.75, 3.05) is 20.7 Å². The Morgan fingerprint density at radius 1 is 1.29 bits per heavy atom. The van der Waals surface area contributed by atoms with Crippen molar-refractivity contribution in [3.05, 3.63) is 63.3 Å². The van der Waals surface area contributed by atoms with Gasteiger partial charge in [-0.1, -0.05) is 30.3 Å². The monoisotopic (exact) mass is 530 g/mol. The third-order valence-electron chi connectivity index (χ3n) is 4.89. The van der Waals surface area contributed by atoms with Gasteiger partial charge in [0.1, 0.15) is 5.75 Å². The average Bonchev–Trinajstić information content (AvgIpc) is 2.98. The van der Waals surface area contributed by atoms with Gasteiger partial charge in [0.15, 0.2) is 0 Å². The number of hydrogen-bond acceptors (Lipinski definition) is 5. The Balaban J connectivity index is 0.00000240. The molecule has 0 radical (unpaired) electrons. The number of nitrogens with zero attached hydrogens (tertiary/aromatic N) is 2. The zero-order chi connectivity index (χ0) is 21.3. The third kappa shape index (κ3) is 5.21.